The second-order valence-electron chi connectivity index (χ2n) is 5.45. The fourth-order valence-corrected chi connectivity index (χ4v) is 2.51. The van der Waals surface area contributed by atoms with E-state index in [1.807, 2.05) is 48.7 Å². The maximum Gasteiger partial charge on any atom is 0.247 e. The quantitative estimate of drug-likeness (QED) is 0.652. The van der Waals surface area contributed by atoms with E-state index in [9.17, 15) is 0 Å². The third-order valence-corrected chi connectivity index (χ3v) is 4.03. The maximum atomic E-state index is 5.90. The first kappa shape index (κ1) is 16.6. The van der Waals surface area contributed by atoms with Crippen LogP contribution in [0.5, 0.6) is 0 Å². The molecule has 0 bridgehead atoms. The largest absolute Gasteiger partial charge is 0.419 e. The molecular formula is C18H19ClN4O. The van der Waals surface area contributed by atoms with Gasteiger partial charge in [0.05, 0.1) is 6.54 Å². The van der Waals surface area contributed by atoms with Gasteiger partial charge >= 0.3 is 0 Å². The van der Waals surface area contributed by atoms with E-state index in [0.29, 0.717) is 23.3 Å². The Bertz CT molecular complexity index is 758. The number of rotatable bonds is 7. The van der Waals surface area contributed by atoms with Crippen LogP contribution in [0.4, 0.5) is 0 Å². The maximum absolute atomic E-state index is 5.90. The summed E-state index contributed by atoms with van der Waals surface area (Å²) in [7, 11) is 0. The van der Waals surface area contributed by atoms with Crippen LogP contribution in [0, 0.1) is 0 Å². The molecule has 0 atom stereocenters. The second-order valence-corrected chi connectivity index (χ2v) is 5.88. The van der Waals surface area contributed by atoms with Gasteiger partial charge in [0, 0.05) is 35.4 Å². The number of pyridine rings is 1. The van der Waals surface area contributed by atoms with Gasteiger partial charge in [-0.15, -0.1) is 10.2 Å². The summed E-state index contributed by atoms with van der Waals surface area (Å²) in [5.74, 6) is 1.13. The smallest absolute Gasteiger partial charge is 0.247 e. The standard InChI is InChI=1S/C18H19ClN4O/c1-2-23(12-10-16-5-3-4-11-20-16)13-17-21-22-18(24-17)14-6-8-15(19)9-7-14/h3-9,11H,2,10,12-13H2,1H3. The summed E-state index contributed by atoms with van der Waals surface area (Å²) in [6, 6.07) is 13.3. The summed E-state index contributed by atoms with van der Waals surface area (Å²) >= 11 is 5.90. The van der Waals surface area contributed by atoms with Crippen molar-refractivity contribution in [1.82, 2.24) is 20.1 Å². The molecule has 124 valence electrons. The van der Waals surface area contributed by atoms with Crippen molar-refractivity contribution >= 4 is 11.6 Å². The predicted octanol–water partition coefficient (Wildman–Crippen LogP) is 3.85. The Morgan fingerprint density at radius 2 is 1.92 bits per heavy atom. The monoisotopic (exact) mass is 342 g/mol. The molecule has 24 heavy (non-hydrogen) atoms. The third kappa shape index (κ3) is 4.40. The van der Waals surface area contributed by atoms with Gasteiger partial charge in [-0.1, -0.05) is 24.6 Å². The van der Waals surface area contributed by atoms with Crippen LogP contribution >= 0.6 is 11.6 Å². The Labute approximate surface area is 146 Å². The van der Waals surface area contributed by atoms with Crippen molar-refractivity contribution in [2.24, 2.45) is 0 Å². The van der Waals surface area contributed by atoms with Gasteiger partial charge in [-0.3, -0.25) is 9.88 Å². The average molecular weight is 343 g/mol. The summed E-state index contributed by atoms with van der Waals surface area (Å²) in [6.07, 6.45) is 2.72. The number of likely N-dealkylation sites (N-methyl/N-ethyl adjacent to an activating group) is 1. The first-order valence-electron chi connectivity index (χ1n) is 7.95. The van der Waals surface area contributed by atoms with Crippen molar-refractivity contribution in [3.8, 4) is 11.5 Å². The summed E-state index contributed by atoms with van der Waals surface area (Å²) in [4.78, 5) is 6.61. The van der Waals surface area contributed by atoms with Gasteiger partial charge in [0.25, 0.3) is 0 Å². The van der Waals surface area contributed by atoms with E-state index in [4.69, 9.17) is 16.0 Å². The minimum absolute atomic E-state index is 0.516. The van der Waals surface area contributed by atoms with E-state index in [-0.39, 0.29) is 0 Å². The van der Waals surface area contributed by atoms with Crippen molar-refractivity contribution in [2.45, 2.75) is 19.9 Å². The molecule has 0 spiro atoms. The zero-order chi connectivity index (χ0) is 16.8. The van der Waals surface area contributed by atoms with Crippen molar-refractivity contribution in [1.29, 1.82) is 0 Å². The Hall–Kier alpha value is -2.24. The predicted molar refractivity (Wildman–Crippen MR) is 93.6 cm³/mol. The van der Waals surface area contributed by atoms with E-state index in [1.54, 1.807) is 0 Å². The summed E-state index contributed by atoms with van der Waals surface area (Å²) < 4.78 is 5.77. The van der Waals surface area contributed by atoms with Crippen molar-refractivity contribution in [3.05, 3.63) is 65.3 Å². The summed E-state index contributed by atoms with van der Waals surface area (Å²) in [5, 5.41) is 8.96. The van der Waals surface area contributed by atoms with Gasteiger partial charge in [0.1, 0.15) is 0 Å². The minimum atomic E-state index is 0.516. The molecule has 0 aliphatic heterocycles. The molecule has 0 fully saturated rings. The van der Waals surface area contributed by atoms with Crippen molar-refractivity contribution < 1.29 is 4.42 Å². The van der Waals surface area contributed by atoms with Crippen LogP contribution in [0.15, 0.2) is 53.1 Å². The van der Waals surface area contributed by atoms with Gasteiger partial charge in [-0.2, -0.15) is 0 Å². The number of aromatic nitrogens is 3. The average Bonchev–Trinajstić information content (AvgIpc) is 3.08. The highest BCUT2D eigenvalue weighted by molar-refractivity contribution is 6.30. The Morgan fingerprint density at radius 3 is 2.62 bits per heavy atom. The fraction of sp³-hybridized carbons (Fsp3) is 0.278. The Morgan fingerprint density at radius 1 is 1.08 bits per heavy atom. The topological polar surface area (TPSA) is 55.1 Å². The zero-order valence-corrected chi connectivity index (χ0v) is 14.3. The Balaban J connectivity index is 1.61. The first-order valence-corrected chi connectivity index (χ1v) is 8.33. The number of nitrogens with zero attached hydrogens (tertiary/aromatic N) is 4. The molecule has 0 aliphatic carbocycles. The molecule has 2 aromatic heterocycles. The van der Waals surface area contributed by atoms with Crippen LogP contribution in [-0.4, -0.2) is 33.2 Å². The zero-order valence-electron chi connectivity index (χ0n) is 13.5. The molecule has 3 rings (SSSR count). The SMILES string of the molecule is CCN(CCc1ccccn1)Cc1nnc(-c2ccc(Cl)cc2)o1. The van der Waals surface area contributed by atoms with Crippen LogP contribution < -0.4 is 0 Å². The van der Waals surface area contributed by atoms with Gasteiger partial charge in [-0.05, 0) is 42.9 Å². The van der Waals surface area contributed by atoms with Crippen LogP contribution in [0.25, 0.3) is 11.5 Å². The highest BCUT2D eigenvalue weighted by Gasteiger charge is 2.12. The highest BCUT2D eigenvalue weighted by atomic mass is 35.5. The number of hydrogen-bond donors (Lipinski definition) is 0. The van der Waals surface area contributed by atoms with E-state index in [2.05, 4.69) is 27.0 Å². The molecule has 6 heteroatoms. The lowest BCUT2D eigenvalue weighted by Crippen LogP contribution is -2.25. The normalized spacial score (nSPS) is 11.1. The van der Waals surface area contributed by atoms with E-state index < -0.39 is 0 Å². The van der Waals surface area contributed by atoms with Gasteiger partial charge in [-0.25, -0.2) is 0 Å². The van der Waals surface area contributed by atoms with E-state index >= 15 is 0 Å². The highest BCUT2D eigenvalue weighted by Crippen LogP contribution is 2.20. The van der Waals surface area contributed by atoms with E-state index in [1.165, 1.54) is 0 Å². The minimum Gasteiger partial charge on any atom is -0.419 e. The number of halogens is 1. The van der Waals surface area contributed by atoms with Crippen LogP contribution in [0.1, 0.15) is 18.5 Å². The van der Waals surface area contributed by atoms with Crippen LogP contribution in [0.2, 0.25) is 5.02 Å². The van der Waals surface area contributed by atoms with Gasteiger partial charge in [0.15, 0.2) is 0 Å². The first-order chi connectivity index (χ1) is 11.7. The van der Waals surface area contributed by atoms with Crippen LogP contribution in [-0.2, 0) is 13.0 Å². The molecule has 0 N–H and O–H groups in total. The van der Waals surface area contributed by atoms with Crippen molar-refractivity contribution in [2.75, 3.05) is 13.1 Å². The van der Waals surface area contributed by atoms with Crippen LogP contribution in [0.3, 0.4) is 0 Å². The Kier molecular flexibility index (Phi) is 5.56. The van der Waals surface area contributed by atoms with Gasteiger partial charge < -0.3 is 4.42 Å². The molecule has 0 saturated heterocycles. The second kappa shape index (κ2) is 8.04. The molecule has 3 aromatic rings. The molecule has 0 amide bonds. The molecule has 2 heterocycles. The lowest BCUT2D eigenvalue weighted by Gasteiger charge is -2.17. The molecule has 0 radical (unpaired) electrons. The molecule has 1 aromatic carbocycles. The lowest BCUT2D eigenvalue weighted by molar-refractivity contribution is 0.254. The molecule has 0 aliphatic rings. The number of benzene rings is 1. The molecular weight excluding hydrogens is 324 g/mol. The fourth-order valence-electron chi connectivity index (χ4n) is 2.39. The molecule has 5 nitrogen and oxygen atoms in total. The van der Waals surface area contributed by atoms with E-state index in [0.717, 1.165) is 30.8 Å². The summed E-state index contributed by atoms with van der Waals surface area (Å²) in [6.45, 7) is 4.55. The lowest BCUT2D eigenvalue weighted by atomic mass is 10.2. The third-order valence-electron chi connectivity index (χ3n) is 3.77. The molecule has 0 unspecified atom stereocenters. The van der Waals surface area contributed by atoms with Gasteiger partial charge in [0.2, 0.25) is 11.8 Å². The summed E-state index contributed by atoms with van der Waals surface area (Å²) in [5.41, 5.74) is 1.96. The van der Waals surface area contributed by atoms with Crippen molar-refractivity contribution in [3.63, 3.8) is 0 Å². The number of hydrogen-bond acceptors (Lipinski definition) is 5. The molecule has 0 saturated carbocycles.